The number of thiophene rings is 1. The molecule has 1 aromatic carbocycles. The number of nitrogens with zero attached hydrogens (tertiary/aromatic N) is 1. The molecule has 2 aromatic heterocycles. The summed E-state index contributed by atoms with van der Waals surface area (Å²) in [5.74, 6) is -0.739. The Labute approximate surface area is 149 Å². The Morgan fingerprint density at radius 1 is 1.24 bits per heavy atom. The van der Waals surface area contributed by atoms with Crippen LogP contribution in [0.4, 0.5) is 4.39 Å². The SMILES string of the molecule is COc1ccc(S(=O)(=O)NCc2cccnc2-c2cccs2)cc1F. The molecule has 25 heavy (non-hydrogen) atoms. The van der Waals surface area contributed by atoms with Crippen LogP contribution in [0.25, 0.3) is 10.6 Å². The molecule has 0 aliphatic heterocycles. The molecule has 0 radical (unpaired) electrons. The van der Waals surface area contributed by atoms with Crippen LogP contribution in [0.15, 0.2) is 58.9 Å². The van der Waals surface area contributed by atoms with E-state index < -0.39 is 15.8 Å². The standard InChI is InChI=1S/C17H15FN2O3S2/c1-23-15-7-6-13(10-14(15)18)25(21,22)20-11-12-4-2-8-19-17(12)16-5-3-9-24-16/h2-10,20H,11H2,1H3. The van der Waals surface area contributed by atoms with Gasteiger partial charge in [0.05, 0.1) is 22.6 Å². The predicted octanol–water partition coefficient (Wildman–Crippen LogP) is 3.44. The van der Waals surface area contributed by atoms with E-state index in [-0.39, 0.29) is 17.2 Å². The van der Waals surface area contributed by atoms with E-state index in [1.807, 2.05) is 17.5 Å². The number of rotatable bonds is 6. The van der Waals surface area contributed by atoms with E-state index in [2.05, 4.69) is 9.71 Å². The van der Waals surface area contributed by atoms with Crippen molar-refractivity contribution in [3.05, 3.63) is 65.4 Å². The minimum atomic E-state index is -3.86. The summed E-state index contributed by atoms with van der Waals surface area (Å²) in [6, 6.07) is 10.9. The van der Waals surface area contributed by atoms with E-state index in [9.17, 15) is 12.8 Å². The lowest BCUT2D eigenvalue weighted by atomic mass is 10.2. The molecule has 0 saturated heterocycles. The maximum Gasteiger partial charge on any atom is 0.240 e. The number of methoxy groups -OCH3 is 1. The molecule has 0 atom stereocenters. The largest absolute Gasteiger partial charge is 0.494 e. The van der Waals surface area contributed by atoms with Crippen LogP contribution in [0.3, 0.4) is 0 Å². The molecule has 3 rings (SSSR count). The molecule has 5 nitrogen and oxygen atoms in total. The van der Waals surface area contributed by atoms with Crippen LogP contribution in [-0.2, 0) is 16.6 Å². The fourth-order valence-corrected chi connectivity index (χ4v) is 4.06. The Bertz CT molecular complexity index is 973. The van der Waals surface area contributed by atoms with Gasteiger partial charge >= 0.3 is 0 Å². The minimum Gasteiger partial charge on any atom is -0.494 e. The first kappa shape index (κ1) is 17.5. The highest BCUT2D eigenvalue weighted by Crippen LogP contribution is 2.26. The number of hydrogen-bond acceptors (Lipinski definition) is 5. The highest BCUT2D eigenvalue weighted by atomic mass is 32.2. The Kier molecular flexibility index (Phi) is 5.12. The number of halogens is 1. The van der Waals surface area contributed by atoms with Gasteiger partial charge in [0.1, 0.15) is 0 Å². The van der Waals surface area contributed by atoms with Crippen LogP contribution in [0.1, 0.15) is 5.56 Å². The van der Waals surface area contributed by atoms with Gasteiger partial charge in [-0.1, -0.05) is 12.1 Å². The first-order valence-electron chi connectivity index (χ1n) is 7.32. The van der Waals surface area contributed by atoms with Gasteiger partial charge in [0, 0.05) is 12.7 Å². The fraction of sp³-hybridized carbons (Fsp3) is 0.118. The van der Waals surface area contributed by atoms with Crippen molar-refractivity contribution >= 4 is 21.4 Å². The van der Waals surface area contributed by atoms with Gasteiger partial charge in [0.25, 0.3) is 0 Å². The highest BCUT2D eigenvalue weighted by molar-refractivity contribution is 7.89. The smallest absolute Gasteiger partial charge is 0.240 e. The van der Waals surface area contributed by atoms with Gasteiger partial charge < -0.3 is 4.74 Å². The number of pyridine rings is 1. The first-order valence-corrected chi connectivity index (χ1v) is 9.68. The monoisotopic (exact) mass is 378 g/mol. The lowest BCUT2D eigenvalue weighted by molar-refractivity contribution is 0.385. The molecule has 3 aromatic rings. The molecule has 2 heterocycles. The third-order valence-corrected chi connectivity index (χ3v) is 5.81. The van der Waals surface area contributed by atoms with Crippen molar-refractivity contribution in [3.8, 4) is 16.3 Å². The third-order valence-electron chi connectivity index (χ3n) is 3.53. The van der Waals surface area contributed by atoms with Crippen molar-refractivity contribution in [2.45, 2.75) is 11.4 Å². The molecule has 1 N–H and O–H groups in total. The molecule has 8 heteroatoms. The topological polar surface area (TPSA) is 68.3 Å². The summed E-state index contributed by atoms with van der Waals surface area (Å²) in [5, 5.41) is 1.93. The summed E-state index contributed by atoms with van der Waals surface area (Å²) in [6.45, 7) is 0.0526. The van der Waals surface area contributed by atoms with E-state index in [0.717, 1.165) is 22.2 Å². The van der Waals surface area contributed by atoms with Crippen LogP contribution < -0.4 is 9.46 Å². The second-order valence-corrected chi connectivity index (χ2v) is 7.82. The Morgan fingerprint density at radius 2 is 2.08 bits per heavy atom. The number of benzene rings is 1. The molecule has 0 saturated carbocycles. The first-order chi connectivity index (χ1) is 12.0. The van der Waals surface area contributed by atoms with Gasteiger partial charge in [0.15, 0.2) is 11.6 Å². The van der Waals surface area contributed by atoms with Crippen LogP contribution in [-0.4, -0.2) is 20.5 Å². The molecular weight excluding hydrogens is 363 g/mol. The number of hydrogen-bond donors (Lipinski definition) is 1. The zero-order chi connectivity index (χ0) is 17.9. The Morgan fingerprint density at radius 3 is 2.76 bits per heavy atom. The molecule has 0 unspecified atom stereocenters. The predicted molar refractivity (Wildman–Crippen MR) is 94.5 cm³/mol. The van der Waals surface area contributed by atoms with E-state index in [1.165, 1.54) is 30.6 Å². The van der Waals surface area contributed by atoms with E-state index in [0.29, 0.717) is 0 Å². The summed E-state index contributed by atoms with van der Waals surface area (Å²) in [4.78, 5) is 5.12. The van der Waals surface area contributed by atoms with Crippen molar-refractivity contribution in [1.29, 1.82) is 0 Å². The number of sulfonamides is 1. The molecule has 0 aliphatic rings. The number of nitrogens with one attached hydrogen (secondary N) is 1. The fourth-order valence-electron chi connectivity index (χ4n) is 2.29. The quantitative estimate of drug-likeness (QED) is 0.713. The van der Waals surface area contributed by atoms with Crippen molar-refractivity contribution < 1.29 is 17.5 Å². The van der Waals surface area contributed by atoms with Crippen LogP contribution >= 0.6 is 11.3 Å². The van der Waals surface area contributed by atoms with Crippen LogP contribution in [0.2, 0.25) is 0 Å². The maximum atomic E-state index is 13.8. The summed E-state index contributed by atoms with van der Waals surface area (Å²) >= 11 is 1.52. The Hall–Kier alpha value is -2.29. The minimum absolute atomic E-state index is 0.00816. The zero-order valence-electron chi connectivity index (χ0n) is 13.3. The number of aromatic nitrogens is 1. The lowest BCUT2D eigenvalue weighted by Crippen LogP contribution is -2.23. The van der Waals surface area contributed by atoms with Gasteiger partial charge in [-0.3, -0.25) is 4.98 Å². The maximum absolute atomic E-state index is 13.8. The van der Waals surface area contributed by atoms with E-state index in [4.69, 9.17) is 4.74 Å². The average Bonchev–Trinajstić information content (AvgIpc) is 3.14. The van der Waals surface area contributed by atoms with Crippen LogP contribution in [0, 0.1) is 5.82 Å². The van der Waals surface area contributed by atoms with Crippen molar-refractivity contribution in [2.75, 3.05) is 7.11 Å². The van der Waals surface area contributed by atoms with Crippen molar-refractivity contribution in [1.82, 2.24) is 9.71 Å². The van der Waals surface area contributed by atoms with Gasteiger partial charge in [0.2, 0.25) is 10.0 Å². The second kappa shape index (κ2) is 7.30. The normalized spacial score (nSPS) is 11.4. The van der Waals surface area contributed by atoms with Gasteiger partial charge in [-0.2, -0.15) is 0 Å². The summed E-state index contributed by atoms with van der Waals surface area (Å²) in [6.07, 6.45) is 1.66. The molecule has 0 fully saturated rings. The highest BCUT2D eigenvalue weighted by Gasteiger charge is 2.17. The van der Waals surface area contributed by atoms with E-state index >= 15 is 0 Å². The number of ether oxygens (including phenoxy) is 1. The average molecular weight is 378 g/mol. The molecule has 0 bridgehead atoms. The van der Waals surface area contributed by atoms with E-state index in [1.54, 1.807) is 18.3 Å². The summed E-state index contributed by atoms with van der Waals surface area (Å²) in [7, 11) is -2.54. The molecule has 0 spiro atoms. The van der Waals surface area contributed by atoms with Gasteiger partial charge in [-0.05, 0) is 41.3 Å². The van der Waals surface area contributed by atoms with Crippen molar-refractivity contribution in [2.24, 2.45) is 0 Å². The summed E-state index contributed by atoms with van der Waals surface area (Å²) in [5.41, 5.74) is 1.46. The van der Waals surface area contributed by atoms with Gasteiger partial charge in [-0.25, -0.2) is 17.5 Å². The third kappa shape index (κ3) is 3.87. The Balaban J connectivity index is 1.83. The van der Waals surface area contributed by atoms with Crippen molar-refractivity contribution in [3.63, 3.8) is 0 Å². The lowest BCUT2D eigenvalue weighted by Gasteiger charge is -2.10. The molecular formula is C17H15FN2O3S2. The molecule has 0 aliphatic carbocycles. The molecule has 130 valence electrons. The van der Waals surface area contributed by atoms with Gasteiger partial charge in [-0.15, -0.1) is 11.3 Å². The second-order valence-electron chi connectivity index (χ2n) is 5.11. The van der Waals surface area contributed by atoms with Crippen LogP contribution in [0.5, 0.6) is 5.75 Å². The zero-order valence-corrected chi connectivity index (χ0v) is 14.9. The molecule has 0 amide bonds. The summed E-state index contributed by atoms with van der Waals surface area (Å²) < 4.78 is 45.9.